The Morgan fingerprint density at radius 1 is 1.08 bits per heavy atom. The first-order valence-electron chi connectivity index (χ1n) is 7.46. The van der Waals surface area contributed by atoms with E-state index in [1.807, 2.05) is 59.2 Å². The van der Waals surface area contributed by atoms with Gasteiger partial charge in [-0.1, -0.05) is 11.6 Å². The number of hydrogen-bond donors (Lipinski definition) is 1. The third-order valence-corrected chi connectivity index (χ3v) is 4.16. The number of benzene rings is 2. The summed E-state index contributed by atoms with van der Waals surface area (Å²) in [4.78, 5) is 0. The zero-order valence-electron chi connectivity index (χ0n) is 13.7. The molecule has 1 aromatic heterocycles. The molecule has 7 heteroatoms. The molecule has 0 spiro atoms. The summed E-state index contributed by atoms with van der Waals surface area (Å²) in [5.41, 5.74) is 1.75. The summed E-state index contributed by atoms with van der Waals surface area (Å²) in [6, 6.07) is 13.0. The van der Waals surface area contributed by atoms with Crippen LogP contribution in [0.1, 0.15) is 11.4 Å². The fourth-order valence-corrected chi connectivity index (χ4v) is 2.77. The SMILES string of the molecule is COc1ccc(OC)c(/C=C/c2n[nH]c(=S)n2-c2ccc(Cl)cc2)c1. The molecule has 0 aliphatic heterocycles. The highest BCUT2D eigenvalue weighted by molar-refractivity contribution is 7.71. The van der Waals surface area contributed by atoms with Crippen molar-refractivity contribution in [2.75, 3.05) is 14.2 Å². The molecular weight excluding hydrogens is 358 g/mol. The lowest BCUT2D eigenvalue weighted by molar-refractivity contribution is 0.402. The van der Waals surface area contributed by atoms with Gasteiger partial charge < -0.3 is 9.47 Å². The summed E-state index contributed by atoms with van der Waals surface area (Å²) in [5, 5.41) is 7.76. The van der Waals surface area contributed by atoms with E-state index in [4.69, 9.17) is 33.3 Å². The van der Waals surface area contributed by atoms with Crippen molar-refractivity contribution < 1.29 is 9.47 Å². The average Bonchev–Trinajstić information content (AvgIpc) is 3.01. The molecule has 0 unspecified atom stereocenters. The van der Waals surface area contributed by atoms with Crippen LogP contribution in [-0.2, 0) is 0 Å². The minimum absolute atomic E-state index is 0.500. The number of nitrogens with one attached hydrogen (secondary N) is 1. The smallest absolute Gasteiger partial charge is 0.200 e. The van der Waals surface area contributed by atoms with Crippen LogP contribution in [0.5, 0.6) is 11.5 Å². The summed E-state index contributed by atoms with van der Waals surface area (Å²) in [5.74, 6) is 2.15. The first-order chi connectivity index (χ1) is 12.1. The predicted molar refractivity (Wildman–Crippen MR) is 102 cm³/mol. The number of nitrogens with zero attached hydrogens (tertiary/aromatic N) is 2. The number of H-pyrrole nitrogens is 1. The van der Waals surface area contributed by atoms with Crippen LogP contribution in [0.2, 0.25) is 5.02 Å². The maximum Gasteiger partial charge on any atom is 0.200 e. The summed E-state index contributed by atoms with van der Waals surface area (Å²) in [6.07, 6.45) is 3.76. The second-order valence-corrected chi connectivity index (χ2v) is 5.96. The van der Waals surface area contributed by atoms with Crippen molar-refractivity contribution in [1.82, 2.24) is 14.8 Å². The molecule has 0 fully saturated rings. The van der Waals surface area contributed by atoms with E-state index in [-0.39, 0.29) is 0 Å². The van der Waals surface area contributed by atoms with Crippen molar-refractivity contribution >= 4 is 36.0 Å². The van der Waals surface area contributed by atoms with Gasteiger partial charge in [0.05, 0.1) is 19.9 Å². The number of methoxy groups -OCH3 is 2. The lowest BCUT2D eigenvalue weighted by Crippen LogP contribution is -1.97. The van der Waals surface area contributed by atoms with Gasteiger partial charge in [-0.05, 0) is 66.8 Å². The van der Waals surface area contributed by atoms with Crippen molar-refractivity contribution in [3.63, 3.8) is 0 Å². The van der Waals surface area contributed by atoms with E-state index in [9.17, 15) is 0 Å². The second kappa shape index (κ2) is 7.55. The lowest BCUT2D eigenvalue weighted by Gasteiger charge is -2.07. The number of hydrogen-bond acceptors (Lipinski definition) is 4. The van der Waals surface area contributed by atoms with Gasteiger partial charge >= 0.3 is 0 Å². The zero-order chi connectivity index (χ0) is 17.8. The molecule has 0 atom stereocenters. The predicted octanol–water partition coefficient (Wildman–Crippen LogP) is 4.77. The molecule has 1 N–H and O–H groups in total. The van der Waals surface area contributed by atoms with Gasteiger partial charge in [0.15, 0.2) is 10.6 Å². The number of rotatable bonds is 5. The first kappa shape index (κ1) is 17.3. The third-order valence-electron chi connectivity index (χ3n) is 3.63. The molecule has 0 aliphatic carbocycles. The topological polar surface area (TPSA) is 52.1 Å². The van der Waals surface area contributed by atoms with Gasteiger partial charge in [-0.25, -0.2) is 0 Å². The van der Waals surface area contributed by atoms with Crippen molar-refractivity contribution in [3.05, 3.63) is 63.6 Å². The largest absolute Gasteiger partial charge is 0.497 e. The minimum atomic E-state index is 0.500. The third kappa shape index (κ3) is 3.75. The maximum atomic E-state index is 5.96. The molecule has 25 heavy (non-hydrogen) atoms. The molecule has 5 nitrogen and oxygen atoms in total. The maximum absolute atomic E-state index is 5.96. The number of aromatic nitrogens is 3. The van der Waals surface area contributed by atoms with Crippen LogP contribution < -0.4 is 9.47 Å². The molecule has 0 aliphatic rings. The van der Waals surface area contributed by atoms with E-state index in [1.165, 1.54) is 0 Å². The second-order valence-electron chi connectivity index (χ2n) is 5.14. The Bertz CT molecular complexity index is 961. The van der Waals surface area contributed by atoms with E-state index in [1.54, 1.807) is 14.2 Å². The van der Waals surface area contributed by atoms with Crippen LogP contribution in [0, 0.1) is 4.77 Å². The molecular formula is C18H16ClN3O2S. The Morgan fingerprint density at radius 2 is 1.84 bits per heavy atom. The summed E-state index contributed by atoms with van der Waals surface area (Å²) in [6.45, 7) is 0. The highest BCUT2D eigenvalue weighted by atomic mass is 35.5. The Kier molecular flexibility index (Phi) is 5.21. The number of halogens is 1. The first-order valence-corrected chi connectivity index (χ1v) is 8.24. The average molecular weight is 374 g/mol. The van der Waals surface area contributed by atoms with Crippen LogP contribution in [0.3, 0.4) is 0 Å². The van der Waals surface area contributed by atoms with E-state index < -0.39 is 0 Å². The fraction of sp³-hybridized carbons (Fsp3) is 0.111. The van der Waals surface area contributed by atoms with Crippen LogP contribution in [0.25, 0.3) is 17.8 Å². The highest BCUT2D eigenvalue weighted by Crippen LogP contribution is 2.26. The van der Waals surface area contributed by atoms with E-state index in [0.29, 0.717) is 15.6 Å². The summed E-state index contributed by atoms with van der Waals surface area (Å²) < 4.78 is 13.0. The van der Waals surface area contributed by atoms with Gasteiger partial charge in [-0.15, -0.1) is 0 Å². The Morgan fingerprint density at radius 3 is 2.52 bits per heavy atom. The molecule has 2 aromatic carbocycles. The normalized spacial score (nSPS) is 11.0. The van der Waals surface area contributed by atoms with E-state index >= 15 is 0 Å². The van der Waals surface area contributed by atoms with Gasteiger partial charge in [0.1, 0.15) is 11.5 Å². The van der Waals surface area contributed by atoms with Gasteiger partial charge in [0, 0.05) is 10.6 Å². The fourth-order valence-electron chi connectivity index (χ4n) is 2.39. The van der Waals surface area contributed by atoms with Crippen molar-refractivity contribution in [1.29, 1.82) is 0 Å². The molecule has 0 saturated carbocycles. The van der Waals surface area contributed by atoms with E-state index in [2.05, 4.69) is 10.2 Å². The van der Waals surface area contributed by atoms with Crippen LogP contribution in [0.15, 0.2) is 42.5 Å². The molecule has 3 aromatic rings. The van der Waals surface area contributed by atoms with Gasteiger partial charge in [-0.2, -0.15) is 5.10 Å². The van der Waals surface area contributed by atoms with Crippen LogP contribution >= 0.6 is 23.8 Å². The molecule has 0 radical (unpaired) electrons. The number of ether oxygens (including phenoxy) is 2. The van der Waals surface area contributed by atoms with Gasteiger partial charge in [0.2, 0.25) is 0 Å². The van der Waals surface area contributed by atoms with Crippen molar-refractivity contribution in [3.8, 4) is 17.2 Å². The standard InChI is InChI=1S/C18H16ClN3O2S/c1-23-15-8-9-16(24-2)12(11-15)3-10-17-20-21-18(25)22(17)14-6-4-13(19)5-7-14/h3-11H,1-2H3,(H,21,25)/b10-3+. The molecule has 1 heterocycles. The molecule has 0 amide bonds. The van der Waals surface area contributed by atoms with E-state index in [0.717, 1.165) is 22.7 Å². The van der Waals surface area contributed by atoms with Gasteiger partial charge in [-0.3, -0.25) is 9.67 Å². The van der Waals surface area contributed by atoms with Crippen LogP contribution in [0.4, 0.5) is 0 Å². The lowest BCUT2D eigenvalue weighted by atomic mass is 10.1. The molecule has 3 rings (SSSR count). The summed E-state index contributed by atoms with van der Waals surface area (Å²) in [7, 11) is 3.25. The number of aromatic amines is 1. The molecule has 0 saturated heterocycles. The highest BCUT2D eigenvalue weighted by Gasteiger charge is 2.07. The Labute approximate surface area is 155 Å². The quantitative estimate of drug-likeness (QED) is 0.654. The Balaban J connectivity index is 2.01. The monoisotopic (exact) mass is 373 g/mol. The van der Waals surface area contributed by atoms with Crippen LogP contribution in [-0.4, -0.2) is 29.0 Å². The Hall–Kier alpha value is -2.57. The molecule has 0 bridgehead atoms. The minimum Gasteiger partial charge on any atom is -0.497 e. The summed E-state index contributed by atoms with van der Waals surface area (Å²) >= 11 is 11.3. The van der Waals surface area contributed by atoms with Gasteiger partial charge in [0.25, 0.3) is 0 Å². The zero-order valence-corrected chi connectivity index (χ0v) is 15.3. The van der Waals surface area contributed by atoms with Crippen molar-refractivity contribution in [2.45, 2.75) is 0 Å². The molecule has 128 valence electrons. The van der Waals surface area contributed by atoms with Crippen molar-refractivity contribution in [2.24, 2.45) is 0 Å².